The van der Waals surface area contributed by atoms with Crippen LogP contribution in [0.4, 0.5) is 4.79 Å². The number of ether oxygens (including phenoxy) is 4. The van der Waals surface area contributed by atoms with Crippen molar-refractivity contribution in [1.29, 1.82) is 0 Å². The van der Waals surface area contributed by atoms with E-state index >= 15 is 0 Å². The smallest absolute Gasteiger partial charge is 0.294 e. The van der Waals surface area contributed by atoms with E-state index in [1.807, 2.05) is 0 Å². The van der Waals surface area contributed by atoms with Gasteiger partial charge in [0, 0.05) is 36.4 Å². The molecular formula is C11H15N3O5S2. The molecule has 2 fully saturated rings. The van der Waals surface area contributed by atoms with Crippen molar-refractivity contribution in [2.24, 2.45) is 0 Å². The Hall–Kier alpha value is -0.940. The lowest BCUT2D eigenvalue weighted by atomic mass is 10.4. The van der Waals surface area contributed by atoms with Crippen LogP contribution in [0, 0.1) is 0 Å². The number of morpholine rings is 1. The van der Waals surface area contributed by atoms with Gasteiger partial charge in [0.05, 0.1) is 26.4 Å². The molecule has 0 N–H and O–H groups in total. The number of rotatable bonds is 3. The van der Waals surface area contributed by atoms with E-state index in [0.717, 1.165) is 23.3 Å². The predicted molar refractivity (Wildman–Crippen MR) is 74.7 cm³/mol. The number of aromatic nitrogens is 2. The summed E-state index contributed by atoms with van der Waals surface area (Å²) >= 11 is 2.13. The van der Waals surface area contributed by atoms with Crippen LogP contribution in [0.2, 0.25) is 0 Å². The quantitative estimate of drug-likeness (QED) is 0.752. The van der Waals surface area contributed by atoms with Crippen molar-refractivity contribution < 1.29 is 23.7 Å². The molecule has 0 spiro atoms. The van der Waals surface area contributed by atoms with Crippen molar-refractivity contribution in [3.05, 3.63) is 0 Å². The van der Waals surface area contributed by atoms with Crippen LogP contribution in [0.5, 0.6) is 5.19 Å². The van der Waals surface area contributed by atoms with Crippen molar-refractivity contribution in [3.63, 3.8) is 0 Å². The van der Waals surface area contributed by atoms with Crippen molar-refractivity contribution in [2.45, 2.75) is 11.3 Å². The lowest BCUT2D eigenvalue weighted by Gasteiger charge is -2.25. The van der Waals surface area contributed by atoms with Crippen molar-refractivity contribution in [1.82, 2.24) is 14.3 Å². The second kappa shape index (κ2) is 7.36. The number of carbonyl (C=O) groups is 1. The summed E-state index contributed by atoms with van der Waals surface area (Å²) < 4.78 is 25.2. The molecule has 0 bridgehead atoms. The van der Waals surface area contributed by atoms with Crippen LogP contribution in [0.15, 0.2) is 5.16 Å². The predicted octanol–water partition coefficient (Wildman–Crippen LogP) is 0.834. The van der Waals surface area contributed by atoms with Crippen LogP contribution in [0.25, 0.3) is 0 Å². The van der Waals surface area contributed by atoms with E-state index < -0.39 is 0 Å². The zero-order valence-corrected chi connectivity index (χ0v) is 12.9. The number of amides is 1. The van der Waals surface area contributed by atoms with Gasteiger partial charge in [0.1, 0.15) is 12.9 Å². The zero-order valence-electron chi connectivity index (χ0n) is 11.2. The first-order valence-electron chi connectivity index (χ1n) is 6.51. The molecule has 2 aliphatic heterocycles. The molecule has 0 aliphatic carbocycles. The van der Waals surface area contributed by atoms with Crippen molar-refractivity contribution >= 4 is 28.5 Å². The second-order valence-electron chi connectivity index (χ2n) is 4.41. The Morgan fingerprint density at radius 2 is 2.05 bits per heavy atom. The molecule has 1 aromatic rings. The molecule has 3 rings (SSSR count). The Labute approximate surface area is 129 Å². The molecule has 0 saturated carbocycles. The minimum Gasteiger partial charge on any atom is -0.461 e. The van der Waals surface area contributed by atoms with Gasteiger partial charge in [-0.15, -0.1) is 0 Å². The molecule has 21 heavy (non-hydrogen) atoms. The van der Waals surface area contributed by atoms with Crippen LogP contribution >= 0.6 is 23.3 Å². The van der Waals surface area contributed by atoms with Gasteiger partial charge in [-0.1, -0.05) is 0 Å². The third-order valence-corrected chi connectivity index (χ3v) is 4.40. The first-order chi connectivity index (χ1) is 10.3. The van der Waals surface area contributed by atoms with Gasteiger partial charge in [-0.2, -0.15) is 9.36 Å². The molecule has 0 radical (unpaired) electrons. The molecule has 1 amide bonds. The highest BCUT2D eigenvalue weighted by Crippen LogP contribution is 2.25. The number of hydrogen-bond acceptors (Lipinski definition) is 9. The molecule has 0 aromatic carbocycles. The Kier molecular flexibility index (Phi) is 5.25. The maximum absolute atomic E-state index is 12.0. The lowest BCUT2D eigenvalue weighted by molar-refractivity contribution is -0.143. The van der Waals surface area contributed by atoms with E-state index in [-0.39, 0.29) is 11.3 Å². The van der Waals surface area contributed by atoms with Gasteiger partial charge in [-0.25, -0.2) is 0 Å². The minimum atomic E-state index is -0.181. The minimum absolute atomic E-state index is 0.0630. The first-order valence-corrected chi connectivity index (χ1v) is 8.10. The number of nitrogens with zero attached hydrogens (tertiary/aromatic N) is 3. The SMILES string of the molecule is O=C(Sc1nsc(OC2COCOC2)n1)N1CCOCC1. The molecule has 3 heterocycles. The van der Waals surface area contributed by atoms with Gasteiger partial charge < -0.3 is 23.8 Å². The molecule has 1 aromatic heterocycles. The van der Waals surface area contributed by atoms with Crippen LogP contribution in [0.1, 0.15) is 0 Å². The Morgan fingerprint density at radius 1 is 1.29 bits per heavy atom. The molecule has 8 nitrogen and oxygen atoms in total. The highest BCUT2D eigenvalue weighted by atomic mass is 32.2. The summed E-state index contributed by atoms with van der Waals surface area (Å²) in [5.74, 6) is 0. The highest BCUT2D eigenvalue weighted by molar-refractivity contribution is 8.13. The van der Waals surface area contributed by atoms with Gasteiger partial charge in [0.15, 0.2) is 0 Å². The maximum atomic E-state index is 12.0. The van der Waals surface area contributed by atoms with E-state index in [9.17, 15) is 4.79 Å². The maximum Gasteiger partial charge on any atom is 0.294 e. The number of carbonyl (C=O) groups excluding carboxylic acids is 1. The monoisotopic (exact) mass is 333 g/mol. The lowest BCUT2D eigenvalue weighted by Crippen LogP contribution is -2.38. The zero-order chi connectivity index (χ0) is 14.5. The normalized spacial score (nSPS) is 20.5. The van der Waals surface area contributed by atoms with E-state index in [2.05, 4.69) is 9.36 Å². The standard InChI is InChI=1S/C11H15N3O5S2/c15-11(14-1-3-16-4-2-14)20-9-12-10(21-13-9)19-8-5-17-7-18-6-8/h8H,1-7H2. The summed E-state index contributed by atoms with van der Waals surface area (Å²) in [6, 6.07) is 0. The average molecular weight is 333 g/mol. The van der Waals surface area contributed by atoms with Crippen molar-refractivity contribution in [3.8, 4) is 5.19 Å². The molecule has 2 aliphatic rings. The number of thioether (sulfide) groups is 1. The van der Waals surface area contributed by atoms with Gasteiger partial charge in [-0.3, -0.25) is 4.79 Å². The van der Waals surface area contributed by atoms with Gasteiger partial charge in [-0.05, 0) is 0 Å². The Bertz CT molecular complexity index is 474. The van der Waals surface area contributed by atoms with Crippen LogP contribution in [0.3, 0.4) is 0 Å². The van der Waals surface area contributed by atoms with E-state index in [1.54, 1.807) is 4.90 Å². The van der Waals surface area contributed by atoms with Crippen LogP contribution < -0.4 is 4.74 Å². The Morgan fingerprint density at radius 3 is 2.81 bits per heavy atom. The van der Waals surface area contributed by atoms with E-state index in [0.29, 0.717) is 56.7 Å². The molecular weight excluding hydrogens is 318 g/mol. The molecule has 0 atom stereocenters. The third kappa shape index (κ3) is 4.27. The largest absolute Gasteiger partial charge is 0.461 e. The van der Waals surface area contributed by atoms with Gasteiger partial charge in [0.25, 0.3) is 10.4 Å². The summed E-state index contributed by atoms with van der Waals surface area (Å²) in [4.78, 5) is 18.0. The summed E-state index contributed by atoms with van der Waals surface area (Å²) in [6.07, 6.45) is -0.181. The van der Waals surface area contributed by atoms with E-state index in [4.69, 9.17) is 18.9 Å². The first kappa shape index (κ1) is 15.0. The number of hydrogen-bond donors (Lipinski definition) is 0. The second-order valence-corrected chi connectivity index (χ2v) is 6.04. The van der Waals surface area contributed by atoms with E-state index in [1.165, 1.54) is 0 Å². The van der Waals surface area contributed by atoms with Crippen molar-refractivity contribution in [2.75, 3.05) is 46.3 Å². The average Bonchev–Trinajstić information content (AvgIpc) is 2.96. The summed E-state index contributed by atoms with van der Waals surface area (Å²) in [5.41, 5.74) is 0. The summed E-state index contributed by atoms with van der Waals surface area (Å²) in [7, 11) is 0. The molecule has 116 valence electrons. The third-order valence-electron chi connectivity index (χ3n) is 2.88. The molecule has 10 heteroatoms. The topological polar surface area (TPSA) is 83.0 Å². The highest BCUT2D eigenvalue weighted by Gasteiger charge is 2.22. The summed E-state index contributed by atoms with van der Waals surface area (Å²) in [5, 5.41) is 0.766. The molecule has 2 saturated heterocycles. The van der Waals surface area contributed by atoms with Gasteiger partial charge >= 0.3 is 0 Å². The molecule has 0 unspecified atom stereocenters. The Balaban J connectivity index is 1.50. The fourth-order valence-corrected chi connectivity index (χ4v) is 3.27. The van der Waals surface area contributed by atoms with Crippen LogP contribution in [-0.2, 0) is 14.2 Å². The van der Waals surface area contributed by atoms with Crippen LogP contribution in [-0.4, -0.2) is 71.9 Å². The fraction of sp³-hybridized carbons (Fsp3) is 0.727. The summed E-state index contributed by atoms with van der Waals surface area (Å²) in [6.45, 7) is 3.60. The van der Waals surface area contributed by atoms with Gasteiger partial charge in [0.2, 0.25) is 5.16 Å². The fourth-order valence-electron chi connectivity index (χ4n) is 1.85.